The van der Waals surface area contributed by atoms with E-state index in [2.05, 4.69) is 32.6 Å². The third kappa shape index (κ3) is 3.25. The summed E-state index contributed by atoms with van der Waals surface area (Å²) in [4.78, 5) is 8.68. The van der Waals surface area contributed by atoms with Crippen molar-refractivity contribution in [2.24, 2.45) is 10.4 Å². The SMILES string of the molecule is CCC1(CNC(=NC)NC2CCc3ncnn3C2)CCCC1. The van der Waals surface area contributed by atoms with Crippen LogP contribution < -0.4 is 10.6 Å². The van der Waals surface area contributed by atoms with E-state index in [0.717, 1.165) is 37.7 Å². The summed E-state index contributed by atoms with van der Waals surface area (Å²) in [5.41, 5.74) is 0.475. The van der Waals surface area contributed by atoms with Crippen LogP contribution in [-0.2, 0) is 13.0 Å². The summed E-state index contributed by atoms with van der Waals surface area (Å²) < 4.78 is 2.00. The number of guanidine groups is 1. The second kappa shape index (κ2) is 6.67. The monoisotopic (exact) mass is 304 g/mol. The van der Waals surface area contributed by atoms with Gasteiger partial charge < -0.3 is 10.6 Å². The molecular formula is C16H28N6. The van der Waals surface area contributed by atoms with Crippen molar-refractivity contribution in [2.45, 2.75) is 64.5 Å². The lowest BCUT2D eigenvalue weighted by molar-refractivity contribution is 0.282. The van der Waals surface area contributed by atoms with Crippen LogP contribution in [0.15, 0.2) is 11.3 Å². The van der Waals surface area contributed by atoms with E-state index in [1.165, 1.54) is 32.1 Å². The minimum Gasteiger partial charge on any atom is -0.356 e. The van der Waals surface area contributed by atoms with Gasteiger partial charge in [-0.3, -0.25) is 4.99 Å². The average molecular weight is 304 g/mol. The van der Waals surface area contributed by atoms with Gasteiger partial charge in [-0.15, -0.1) is 0 Å². The lowest BCUT2D eigenvalue weighted by atomic mass is 9.83. The van der Waals surface area contributed by atoms with Crippen molar-refractivity contribution in [1.29, 1.82) is 0 Å². The molecule has 6 nitrogen and oxygen atoms in total. The molecule has 3 rings (SSSR count). The molecule has 0 bridgehead atoms. The van der Waals surface area contributed by atoms with Crippen LogP contribution >= 0.6 is 0 Å². The second-order valence-corrected chi connectivity index (χ2v) is 6.72. The van der Waals surface area contributed by atoms with Crippen LogP contribution in [0, 0.1) is 5.41 Å². The molecule has 1 atom stereocenters. The van der Waals surface area contributed by atoms with Crippen molar-refractivity contribution in [3.63, 3.8) is 0 Å². The Bertz CT molecular complexity index is 514. The highest BCUT2D eigenvalue weighted by Gasteiger charge is 2.32. The molecule has 6 heteroatoms. The number of aromatic nitrogens is 3. The zero-order valence-corrected chi connectivity index (χ0v) is 13.8. The molecule has 2 heterocycles. The summed E-state index contributed by atoms with van der Waals surface area (Å²) >= 11 is 0. The van der Waals surface area contributed by atoms with Crippen molar-refractivity contribution in [3.05, 3.63) is 12.2 Å². The van der Waals surface area contributed by atoms with Gasteiger partial charge in [-0.05, 0) is 31.1 Å². The maximum atomic E-state index is 4.40. The normalized spacial score (nSPS) is 24.1. The first-order valence-electron chi connectivity index (χ1n) is 8.58. The molecule has 0 saturated heterocycles. The first-order chi connectivity index (χ1) is 10.7. The van der Waals surface area contributed by atoms with Crippen molar-refractivity contribution < 1.29 is 0 Å². The van der Waals surface area contributed by atoms with E-state index in [0.29, 0.717) is 11.5 Å². The van der Waals surface area contributed by atoms with E-state index < -0.39 is 0 Å². The van der Waals surface area contributed by atoms with Gasteiger partial charge in [0.15, 0.2) is 5.96 Å². The number of fused-ring (bicyclic) bond motifs is 1. The van der Waals surface area contributed by atoms with Crippen LogP contribution in [0.1, 0.15) is 51.3 Å². The van der Waals surface area contributed by atoms with Crippen molar-refractivity contribution in [2.75, 3.05) is 13.6 Å². The molecule has 2 N–H and O–H groups in total. The summed E-state index contributed by atoms with van der Waals surface area (Å²) in [5.74, 6) is 2.02. The number of hydrogen-bond donors (Lipinski definition) is 2. The van der Waals surface area contributed by atoms with Gasteiger partial charge >= 0.3 is 0 Å². The van der Waals surface area contributed by atoms with Gasteiger partial charge in [0.1, 0.15) is 12.2 Å². The summed E-state index contributed by atoms with van der Waals surface area (Å²) in [6, 6.07) is 0.376. The molecule has 0 spiro atoms. The van der Waals surface area contributed by atoms with Gasteiger partial charge in [0, 0.05) is 26.1 Å². The predicted octanol–water partition coefficient (Wildman–Crippen LogP) is 1.73. The van der Waals surface area contributed by atoms with Gasteiger partial charge in [0.2, 0.25) is 0 Å². The van der Waals surface area contributed by atoms with E-state index in [1.807, 2.05) is 11.7 Å². The van der Waals surface area contributed by atoms with Crippen molar-refractivity contribution in [3.8, 4) is 0 Å². The summed E-state index contributed by atoms with van der Waals surface area (Å²) in [6.07, 6.45) is 10.4. The Morgan fingerprint density at radius 3 is 3.00 bits per heavy atom. The summed E-state index contributed by atoms with van der Waals surface area (Å²) in [7, 11) is 1.85. The van der Waals surface area contributed by atoms with E-state index in [-0.39, 0.29) is 0 Å². The number of nitrogens with zero attached hydrogens (tertiary/aromatic N) is 4. The van der Waals surface area contributed by atoms with Crippen LogP contribution in [0.3, 0.4) is 0 Å². The Morgan fingerprint density at radius 1 is 1.45 bits per heavy atom. The molecule has 1 unspecified atom stereocenters. The Kier molecular flexibility index (Phi) is 4.64. The van der Waals surface area contributed by atoms with Crippen molar-refractivity contribution >= 4 is 5.96 Å². The highest BCUT2D eigenvalue weighted by atomic mass is 15.4. The molecule has 1 aromatic rings. The van der Waals surface area contributed by atoms with E-state index in [4.69, 9.17) is 0 Å². The molecule has 22 heavy (non-hydrogen) atoms. The molecule has 0 amide bonds. The Hall–Kier alpha value is -1.59. The molecule has 1 aliphatic carbocycles. The van der Waals surface area contributed by atoms with Gasteiger partial charge in [0.05, 0.1) is 6.54 Å². The van der Waals surface area contributed by atoms with Gasteiger partial charge in [0.25, 0.3) is 0 Å². The van der Waals surface area contributed by atoms with Crippen LogP contribution in [0.4, 0.5) is 0 Å². The minimum absolute atomic E-state index is 0.376. The standard InChI is InChI=1S/C16H28N6/c1-3-16(8-4-5-9-16)11-18-15(17-2)21-13-6-7-14-19-12-20-22(14)10-13/h12-13H,3-11H2,1-2H3,(H2,17,18,21). The zero-order valence-electron chi connectivity index (χ0n) is 13.8. The van der Waals surface area contributed by atoms with Crippen LogP contribution in [0.5, 0.6) is 0 Å². The van der Waals surface area contributed by atoms with E-state index in [1.54, 1.807) is 6.33 Å². The zero-order chi connectivity index (χ0) is 15.4. The molecule has 122 valence electrons. The molecule has 1 aliphatic heterocycles. The number of hydrogen-bond acceptors (Lipinski definition) is 3. The molecular weight excluding hydrogens is 276 g/mol. The maximum Gasteiger partial charge on any atom is 0.191 e. The largest absolute Gasteiger partial charge is 0.356 e. The predicted molar refractivity (Wildman–Crippen MR) is 87.8 cm³/mol. The molecule has 1 aromatic heterocycles. The van der Waals surface area contributed by atoms with Gasteiger partial charge in [-0.2, -0.15) is 5.10 Å². The van der Waals surface area contributed by atoms with Crippen molar-refractivity contribution in [1.82, 2.24) is 25.4 Å². The Labute approximate surface area is 132 Å². The maximum absolute atomic E-state index is 4.40. The topological polar surface area (TPSA) is 67.1 Å². The van der Waals surface area contributed by atoms with Crippen LogP contribution in [-0.4, -0.2) is 40.4 Å². The molecule has 1 fully saturated rings. The lowest BCUT2D eigenvalue weighted by Crippen LogP contribution is -2.49. The lowest BCUT2D eigenvalue weighted by Gasteiger charge is -2.30. The van der Waals surface area contributed by atoms with Crippen LogP contribution in [0.2, 0.25) is 0 Å². The number of aliphatic imine (C=N–C) groups is 1. The quantitative estimate of drug-likeness (QED) is 0.657. The first kappa shape index (κ1) is 15.3. The number of aryl methyl sites for hydroxylation is 1. The third-order valence-corrected chi connectivity index (χ3v) is 5.41. The fourth-order valence-electron chi connectivity index (χ4n) is 3.79. The molecule has 2 aliphatic rings. The number of rotatable bonds is 4. The second-order valence-electron chi connectivity index (χ2n) is 6.72. The first-order valence-corrected chi connectivity index (χ1v) is 8.58. The summed E-state index contributed by atoms with van der Waals surface area (Å²) in [5, 5.41) is 11.4. The van der Waals surface area contributed by atoms with E-state index in [9.17, 15) is 0 Å². The molecule has 1 saturated carbocycles. The third-order valence-electron chi connectivity index (χ3n) is 5.41. The fraction of sp³-hybridized carbons (Fsp3) is 0.812. The van der Waals surface area contributed by atoms with Crippen LogP contribution in [0.25, 0.3) is 0 Å². The van der Waals surface area contributed by atoms with E-state index >= 15 is 0 Å². The fourth-order valence-corrected chi connectivity index (χ4v) is 3.79. The summed E-state index contributed by atoms with van der Waals surface area (Å²) in [6.45, 7) is 4.22. The number of nitrogens with one attached hydrogen (secondary N) is 2. The molecule has 0 aromatic carbocycles. The molecule has 0 radical (unpaired) electrons. The Morgan fingerprint density at radius 2 is 2.27 bits per heavy atom. The highest BCUT2D eigenvalue weighted by Crippen LogP contribution is 2.40. The Balaban J connectivity index is 1.52. The highest BCUT2D eigenvalue weighted by molar-refractivity contribution is 5.80. The average Bonchev–Trinajstić information content (AvgIpc) is 3.20. The van der Waals surface area contributed by atoms with Gasteiger partial charge in [-0.25, -0.2) is 9.67 Å². The smallest absolute Gasteiger partial charge is 0.191 e. The minimum atomic E-state index is 0.376. The van der Waals surface area contributed by atoms with Gasteiger partial charge in [-0.1, -0.05) is 19.8 Å².